The molecule has 2 aromatic heterocycles. The van der Waals surface area contributed by atoms with Crippen LogP contribution in [-0.2, 0) is 7.05 Å². The zero-order chi connectivity index (χ0) is 17.9. The summed E-state index contributed by atoms with van der Waals surface area (Å²) in [6, 6.07) is 7.65. The lowest BCUT2D eigenvalue weighted by molar-refractivity contribution is 0.283. The largest absolute Gasteiger partial charge is 0.419 e. The van der Waals surface area contributed by atoms with E-state index in [9.17, 15) is 4.79 Å². The van der Waals surface area contributed by atoms with Gasteiger partial charge < -0.3 is 9.32 Å². The predicted octanol–water partition coefficient (Wildman–Crippen LogP) is 1.76. The Hall–Kier alpha value is -2.93. The van der Waals surface area contributed by atoms with Crippen LogP contribution in [0, 0.1) is 0 Å². The lowest BCUT2D eigenvalue weighted by Gasteiger charge is -2.34. The van der Waals surface area contributed by atoms with Crippen molar-refractivity contribution in [1.29, 1.82) is 0 Å². The number of anilines is 1. The summed E-state index contributed by atoms with van der Waals surface area (Å²) in [6.45, 7) is 4.71. The molecule has 0 spiro atoms. The molecule has 4 rings (SSSR count). The SMILES string of the molecule is Cn1c(=O)oc2cc(/C=C/CN3CCN(c4ncccn4)CC3)ccc21. The molecule has 7 heteroatoms. The fourth-order valence-electron chi connectivity index (χ4n) is 3.18. The Morgan fingerprint density at radius 2 is 1.92 bits per heavy atom. The minimum absolute atomic E-state index is 0.332. The van der Waals surface area contributed by atoms with Crippen LogP contribution in [0.1, 0.15) is 5.56 Å². The van der Waals surface area contributed by atoms with Crippen molar-refractivity contribution in [3.8, 4) is 0 Å². The average molecular weight is 351 g/mol. The van der Waals surface area contributed by atoms with Crippen molar-refractivity contribution in [3.05, 3.63) is 58.8 Å². The molecule has 0 saturated carbocycles. The van der Waals surface area contributed by atoms with Gasteiger partial charge in [-0.3, -0.25) is 9.47 Å². The number of hydrogen-bond donors (Lipinski definition) is 0. The van der Waals surface area contributed by atoms with Crippen molar-refractivity contribution >= 4 is 23.1 Å². The minimum Gasteiger partial charge on any atom is -0.408 e. The van der Waals surface area contributed by atoms with Crippen LogP contribution in [0.15, 0.2) is 51.9 Å². The van der Waals surface area contributed by atoms with E-state index in [0.717, 1.165) is 49.8 Å². The summed E-state index contributed by atoms with van der Waals surface area (Å²) >= 11 is 0. The molecule has 3 aromatic rings. The van der Waals surface area contributed by atoms with E-state index in [-0.39, 0.29) is 5.76 Å². The van der Waals surface area contributed by atoms with Crippen molar-refractivity contribution in [1.82, 2.24) is 19.4 Å². The number of hydrogen-bond acceptors (Lipinski definition) is 6. The molecule has 0 radical (unpaired) electrons. The van der Waals surface area contributed by atoms with Crippen LogP contribution < -0.4 is 10.7 Å². The number of rotatable bonds is 4. The van der Waals surface area contributed by atoms with Gasteiger partial charge >= 0.3 is 5.76 Å². The van der Waals surface area contributed by atoms with Gasteiger partial charge in [0.2, 0.25) is 5.95 Å². The van der Waals surface area contributed by atoms with Crippen molar-refractivity contribution < 1.29 is 4.42 Å². The fourth-order valence-corrected chi connectivity index (χ4v) is 3.18. The molecule has 0 amide bonds. The first-order valence-corrected chi connectivity index (χ1v) is 8.71. The van der Waals surface area contributed by atoms with Gasteiger partial charge in [0.1, 0.15) is 0 Å². The summed E-state index contributed by atoms with van der Waals surface area (Å²) in [5, 5.41) is 0. The second-order valence-electron chi connectivity index (χ2n) is 6.39. The second kappa shape index (κ2) is 7.13. The number of aromatic nitrogens is 3. The number of benzene rings is 1. The number of fused-ring (bicyclic) bond motifs is 1. The first-order valence-electron chi connectivity index (χ1n) is 8.71. The molecule has 1 fully saturated rings. The molecule has 0 unspecified atom stereocenters. The predicted molar refractivity (Wildman–Crippen MR) is 101 cm³/mol. The molecule has 1 aromatic carbocycles. The highest BCUT2D eigenvalue weighted by Crippen LogP contribution is 2.15. The van der Waals surface area contributed by atoms with E-state index < -0.39 is 0 Å². The van der Waals surface area contributed by atoms with E-state index in [4.69, 9.17) is 4.42 Å². The molecule has 1 aliphatic rings. The third-order valence-corrected chi connectivity index (χ3v) is 4.70. The van der Waals surface area contributed by atoms with E-state index in [1.807, 2.05) is 24.3 Å². The van der Waals surface area contributed by atoms with Gasteiger partial charge in [-0.1, -0.05) is 18.2 Å². The smallest absolute Gasteiger partial charge is 0.408 e. The van der Waals surface area contributed by atoms with E-state index in [2.05, 4.69) is 31.9 Å². The maximum atomic E-state index is 11.6. The summed E-state index contributed by atoms with van der Waals surface area (Å²) in [6.07, 6.45) is 7.78. The third kappa shape index (κ3) is 3.39. The Morgan fingerprint density at radius 1 is 1.15 bits per heavy atom. The molecular formula is C19H21N5O2. The molecule has 0 atom stereocenters. The number of piperazine rings is 1. The normalized spacial score (nSPS) is 16.0. The molecule has 3 heterocycles. The van der Waals surface area contributed by atoms with Gasteiger partial charge in [-0.2, -0.15) is 0 Å². The van der Waals surface area contributed by atoms with Gasteiger partial charge in [-0.15, -0.1) is 0 Å². The summed E-state index contributed by atoms with van der Waals surface area (Å²) in [5.41, 5.74) is 2.46. The Labute approximate surface area is 151 Å². The van der Waals surface area contributed by atoms with Crippen LogP contribution >= 0.6 is 0 Å². The standard InChI is InChI=1S/C19H21N5O2/c1-22-16-6-5-15(14-17(16)26-19(22)25)4-2-9-23-10-12-24(13-11-23)18-20-7-3-8-21-18/h2-8,14H,9-13H2,1H3/b4-2+. The molecule has 0 aliphatic carbocycles. The summed E-state index contributed by atoms with van der Waals surface area (Å²) in [7, 11) is 1.71. The van der Waals surface area contributed by atoms with Crippen molar-refractivity contribution in [2.45, 2.75) is 0 Å². The molecule has 7 nitrogen and oxygen atoms in total. The van der Waals surface area contributed by atoms with Gasteiger partial charge in [0.25, 0.3) is 0 Å². The highest BCUT2D eigenvalue weighted by Gasteiger charge is 2.17. The van der Waals surface area contributed by atoms with Crippen molar-refractivity contribution in [3.63, 3.8) is 0 Å². The molecule has 26 heavy (non-hydrogen) atoms. The Morgan fingerprint density at radius 3 is 2.69 bits per heavy atom. The Bertz CT molecular complexity index is 969. The van der Waals surface area contributed by atoms with Crippen LogP contribution in [0.4, 0.5) is 5.95 Å². The van der Waals surface area contributed by atoms with Crippen LogP contribution in [-0.4, -0.2) is 52.2 Å². The molecule has 134 valence electrons. The first kappa shape index (κ1) is 16.5. The van der Waals surface area contributed by atoms with Crippen LogP contribution in [0.2, 0.25) is 0 Å². The van der Waals surface area contributed by atoms with Gasteiger partial charge in [0.15, 0.2) is 5.58 Å². The average Bonchev–Trinajstić information content (AvgIpc) is 2.96. The number of nitrogens with zero attached hydrogens (tertiary/aromatic N) is 5. The monoisotopic (exact) mass is 351 g/mol. The molecular weight excluding hydrogens is 330 g/mol. The quantitative estimate of drug-likeness (QED) is 0.713. The number of aryl methyl sites for hydroxylation is 1. The Kier molecular flexibility index (Phi) is 4.53. The zero-order valence-corrected chi connectivity index (χ0v) is 14.7. The fraction of sp³-hybridized carbons (Fsp3) is 0.316. The van der Waals surface area contributed by atoms with E-state index >= 15 is 0 Å². The van der Waals surface area contributed by atoms with Gasteiger partial charge in [0.05, 0.1) is 5.52 Å². The van der Waals surface area contributed by atoms with Crippen LogP contribution in [0.5, 0.6) is 0 Å². The summed E-state index contributed by atoms with van der Waals surface area (Å²) in [5.74, 6) is 0.474. The molecule has 0 N–H and O–H groups in total. The molecule has 0 bridgehead atoms. The van der Waals surface area contributed by atoms with Crippen LogP contribution in [0.3, 0.4) is 0 Å². The van der Waals surface area contributed by atoms with Gasteiger partial charge in [-0.05, 0) is 23.8 Å². The highest BCUT2D eigenvalue weighted by molar-refractivity contribution is 5.76. The van der Waals surface area contributed by atoms with E-state index in [0.29, 0.717) is 5.58 Å². The summed E-state index contributed by atoms with van der Waals surface area (Å²) < 4.78 is 6.75. The first-order chi connectivity index (χ1) is 12.7. The zero-order valence-electron chi connectivity index (χ0n) is 14.7. The van der Waals surface area contributed by atoms with E-state index in [1.54, 1.807) is 19.4 Å². The van der Waals surface area contributed by atoms with Crippen LogP contribution in [0.25, 0.3) is 17.2 Å². The maximum absolute atomic E-state index is 11.6. The van der Waals surface area contributed by atoms with Crippen molar-refractivity contribution in [2.24, 2.45) is 7.05 Å². The lowest BCUT2D eigenvalue weighted by Crippen LogP contribution is -2.46. The number of oxazole rings is 1. The minimum atomic E-state index is -0.332. The van der Waals surface area contributed by atoms with Gasteiger partial charge in [0, 0.05) is 52.2 Å². The van der Waals surface area contributed by atoms with Crippen molar-refractivity contribution in [2.75, 3.05) is 37.6 Å². The Balaban J connectivity index is 1.34. The van der Waals surface area contributed by atoms with E-state index in [1.165, 1.54) is 4.57 Å². The third-order valence-electron chi connectivity index (χ3n) is 4.70. The van der Waals surface area contributed by atoms with Gasteiger partial charge in [-0.25, -0.2) is 14.8 Å². The second-order valence-corrected chi connectivity index (χ2v) is 6.39. The lowest BCUT2D eigenvalue weighted by atomic mass is 10.2. The summed E-state index contributed by atoms with van der Waals surface area (Å²) in [4.78, 5) is 24.8. The highest BCUT2D eigenvalue weighted by atomic mass is 16.4. The molecule has 1 saturated heterocycles. The molecule has 1 aliphatic heterocycles. The maximum Gasteiger partial charge on any atom is 0.419 e. The topological polar surface area (TPSA) is 67.4 Å².